The van der Waals surface area contributed by atoms with Gasteiger partial charge in [0.2, 0.25) is 0 Å². The van der Waals surface area contributed by atoms with Gasteiger partial charge in [-0.05, 0) is 25.0 Å². The monoisotopic (exact) mass is 229 g/mol. The van der Waals surface area contributed by atoms with Gasteiger partial charge >= 0.3 is 0 Å². The summed E-state index contributed by atoms with van der Waals surface area (Å²) in [5.74, 6) is 0. The maximum Gasteiger partial charge on any atom is 0.0951 e. The summed E-state index contributed by atoms with van der Waals surface area (Å²) in [5.41, 5.74) is 8.66. The van der Waals surface area contributed by atoms with E-state index in [1.165, 1.54) is 0 Å². The van der Waals surface area contributed by atoms with Crippen LogP contribution >= 0.6 is 0 Å². The van der Waals surface area contributed by atoms with Gasteiger partial charge in [-0.15, -0.1) is 0 Å². The molecule has 90 valence electrons. The molecule has 0 fully saturated rings. The van der Waals surface area contributed by atoms with Crippen LogP contribution in [0.15, 0.2) is 30.5 Å². The van der Waals surface area contributed by atoms with E-state index in [0.29, 0.717) is 6.04 Å². The van der Waals surface area contributed by atoms with Crippen LogP contribution in [0.2, 0.25) is 0 Å². The first kappa shape index (κ1) is 11.7. The van der Waals surface area contributed by atoms with Crippen molar-refractivity contribution in [2.45, 2.75) is 32.7 Å². The third kappa shape index (κ3) is 2.33. The predicted molar refractivity (Wildman–Crippen MR) is 74.1 cm³/mol. The molecule has 0 aliphatic rings. The third-order valence-electron chi connectivity index (χ3n) is 3.15. The molecule has 0 atom stereocenters. The highest BCUT2D eigenvalue weighted by Crippen LogP contribution is 2.26. The molecule has 0 amide bonds. The Morgan fingerprint density at radius 2 is 2.00 bits per heavy atom. The molecule has 1 aromatic carbocycles. The van der Waals surface area contributed by atoms with E-state index < -0.39 is 0 Å². The van der Waals surface area contributed by atoms with E-state index in [2.05, 4.69) is 30.2 Å². The maximum atomic E-state index is 5.93. The molecule has 2 rings (SSSR count). The Balaban J connectivity index is 2.44. The number of benzene rings is 1. The van der Waals surface area contributed by atoms with E-state index in [-0.39, 0.29) is 0 Å². The molecule has 3 nitrogen and oxygen atoms in total. The number of nitrogens with zero attached hydrogens (tertiary/aromatic N) is 1. The zero-order valence-electron chi connectivity index (χ0n) is 10.4. The summed E-state index contributed by atoms with van der Waals surface area (Å²) in [6.45, 7) is 4.39. The Hall–Kier alpha value is -1.77. The lowest BCUT2D eigenvalue weighted by Gasteiger charge is -2.17. The normalized spacial score (nSPS) is 11.0. The molecule has 3 N–H and O–H groups in total. The molecular weight excluding hydrogens is 210 g/mol. The summed E-state index contributed by atoms with van der Waals surface area (Å²) in [5, 5.41) is 4.65. The number of nitrogen functional groups attached to an aromatic ring is 1. The van der Waals surface area contributed by atoms with Crippen LogP contribution in [0.5, 0.6) is 0 Å². The molecule has 0 saturated carbocycles. The Kier molecular flexibility index (Phi) is 3.47. The molecule has 1 aromatic heterocycles. The van der Waals surface area contributed by atoms with Crippen LogP contribution in [0.4, 0.5) is 11.4 Å². The minimum Gasteiger partial charge on any atom is -0.397 e. The fourth-order valence-electron chi connectivity index (χ4n) is 2.04. The number of nitrogens with one attached hydrogen (secondary N) is 1. The van der Waals surface area contributed by atoms with Crippen LogP contribution in [0.1, 0.15) is 26.7 Å². The average Bonchev–Trinajstić information content (AvgIpc) is 2.37. The lowest BCUT2D eigenvalue weighted by atomic mass is 10.1. The first-order valence-corrected chi connectivity index (χ1v) is 6.16. The second kappa shape index (κ2) is 5.04. The highest BCUT2D eigenvalue weighted by atomic mass is 14.9. The zero-order chi connectivity index (χ0) is 12.3. The molecule has 1 heterocycles. The van der Waals surface area contributed by atoms with Crippen molar-refractivity contribution in [2.24, 2.45) is 0 Å². The van der Waals surface area contributed by atoms with Crippen molar-refractivity contribution in [3.8, 4) is 0 Å². The zero-order valence-corrected chi connectivity index (χ0v) is 10.4. The fraction of sp³-hybridized carbons (Fsp3) is 0.357. The van der Waals surface area contributed by atoms with Gasteiger partial charge in [0.15, 0.2) is 0 Å². The van der Waals surface area contributed by atoms with Crippen LogP contribution in [-0.2, 0) is 0 Å². The lowest BCUT2D eigenvalue weighted by Crippen LogP contribution is -2.17. The first-order chi connectivity index (χ1) is 8.26. The third-order valence-corrected chi connectivity index (χ3v) is 3.15. The smallest absolute Gasteiger partial charge is 0.0951 e. The van der Waals surface area contributed by atoms with E-state index in [1.54, 1.807) is 0 Å². The van der Waals surface area contributed by atoms with Crippen molar-refractivity contribution < 1.29 is 0 Å². The molecule has 0 saturated heterocycles. The summed E-state index contributed by atoms with van der Waals surface area (Å²) >= 11 is 0. The maximum absolute atomic E-state index is 5.93. The quantitative estimate of drug-likeness (QED) is 0.790. The van der Waals surface area contributed by atoms with Gasteiger partial charge in [-0.1, -0.05) is 26.0 Å². The van der Waals surface area contributed by atoms with E-state index in [1.807, 2.05) is 24.4 Å². The number of hydrogen-bond acceptors (Lipinski definition) is 3. The second-order valence-corrected chi connectivity index (χ2v) is 4.26. The van der Waals surface area contributed by atoms with Crippen LogP contribution in [-0.4, -0.2) is 11.0 Å². The van der Waals surface area contributed by atoms with Crippen molar-refractivity contribution >= 4 is 22.3 Å². The van der Waals surface area contributed by atoms with E-state index in [9.17, 15) is 0 Å². The summed E-state index contributed by atoms with van der Waals surface area (Å²) in [6, 6.07) is 8.43. The number of rotatable bonds is 4. The molecule has 0 radical (unpaired) electrons. The van der Waals surface area contributed by atoms with Gasteiger partial charge in [-0.2, -0.15) is 0 Å². The van der Waals surface area contributed by atoms with Crippen LogP contribution in [0.3, 0.4) is 0 Å². The Morgan fingerprint density at radius 3 is 2.71 bits per heavy atom. The van der Waals surface area contributed by atoms with Crippen LogP contribution in [0.25, 0.3) is 10.9 Å². The highest BCUT2D eigenvalue weighted by Gasteiger charge is 2.07. The standard InChI is InChI=1S/C14H19N3/c1-3-10(4-2)17-13-8-9-16-14-11(13)6-5-7-12(14)15/h5-10H,3-4,15H2,1-2H3,(H,16,17). The second-order valence-electron chi connectivity index (χ2n) is 4.26. The van der Waals surface area contributed by atoms with Gasteiger partial charge in [-0.25, -0.2) is 0 Å². The van der Waals surface area contributed by atoms with Gasteiger partial charge in [-0.3, -0.25) is 4.98 Å². The van der Waals surface area contributed by atoms with Crippen molar-refractivity contribution in [1.29, 1.82) is 0 Å². The van der Waals surface area contributed by atoms with Crippen molar-refractivity contribution in [1.82, 2.24) is 4.98 Å². The Bertz CT molecular complexity index is 504. The van der Waals surface area contributed by atoms with Crippen molar-refractivity contribution in [3.05, 3.63) is 30.5 Å². The number of fused-ring (bicyclic) bond motifs is 1. The Labute approximate surface area is 102 Å². The van der Waals surface area contributed by atoms with E-state index in [4.69, 9.17) is 5.73 Å². The number of pyridine rings is 1. The number of aromatic nitrogens is 1. The van der Waals surface area contributed by atoms with Gasteiger partial charge < -0.3 is 11.1 Å². The minimum atomic E-state index is 0.502. The topological polar surface area (TPSA) is 50.9 Å². The van der Waals surface area contributed by atoms with Gasteiger partial charge in [0.05, 0.1) is 11.2 Å². The summed E-state index contributed by atoms with van der Waals surface area (Å²) in [6.07, 6.45) is 4.04. The molecule has 0 bridgehead atoms. The van der Waals surface area contributed by atoms with Crippen molar-refractivity contribution in [2.75, 3.05) is 11.1 Å². The summed E-state index contributed by atoms with van der Waals surface area (Å²) in [7, 11) is 0. The van der Waals surface area contributed by atoms with Crippen molar-refractivity contribution in [3.63, 3.8) is 0 Å². The molecule has 0 aliphatic heterocycles. The lowest BCUT2D eigenvalue weighted by molar-refractivity contribution is 0.672. The number of para-hydroxylation sites is 1. The molecule has 17 heavy (non-hydrogen) atoms. The van der Waals surface area contributed by atoms with Gasteiger partial charge in [0.1, 0.15) is 0 Å². The SMILES string of the molecule is CCC(CC)Nc1ccnc2c(N)cccc12. The minimum absolute atomic E-state index is 0.502. The van der Waals surface area contributed by atoms with Crippen LogP contribution < -0.4 is 11.1 Å². The highest BCUT2D eigenvalue weighted by molar-refractivity contribution is 5.97. The number of nitrogens with two attached hydrogens (primary N) is 1. The first-order valence-electron chi connectivity index (χ1n) is 6.16. The van der Waals surface area contributed by atoms with Gasteiger partial charge in [0, 0.05) is 23.3 Å². The number of hydrogen-bond donors (Lipinski definition) is 2. The summed E-state index contributed by atoms with van der Waals surface area (Å²) in [4.78, 5) is 4.34. The molecule has 0 spiro atoms. The molecular formula is C14H19N3. The molecule has 3 heteroatoms. The van der Waals surface area contributed by atoms with E-state index in [0.717, 1.165) is 35.1 Å². The Morgan fingerprint density at radius 1 is 1.24 bits per heavy atom. The molecule has 2 aromatic rings. The largest absolute Gasteiger partial charge is 0.397 e. The molecule has 0 unspecified atom stereocenters. The summed E-state index contributed by atoms with van der Waals surface area (Å²) < 4.78 is 0. The van der Waals surface area contributed by atoms with Gasteiger partial charge in [0.25, 0.3) is 0 Å². The average molecular weight is 229 g/mol. The molecule has 0 aliphatic carbocycles. The predicted octanol–water partition coefficient (Wildman–Crippen LogP) is 3.42. The van der Waals surface area contributed by atoms with E-state index >= 15 is 0 Å². The number of anilines is 2. The van der Waals surface area contributed by atoms with Crippen LogP contribution in [0, 0.1) is 0 Å². The fourth-order valence-corrected chi connectivity index (χ4v) is 2.04.